The number of hydrogen-bond donors (Lipinski definition) is 1. The number of nitrogens with zero attached hydrogens (tertiary/aromatic N) is 4. The van der Waals surface area contributed by atoms with Crippen molar-refractivity contribution in [2.24, 2.45) is 0 Å². The molecule has 2 heterocycles. The monoisotopic (exact) mass is 417 g/mol. The molecule has 0 bridgehead atoms. The molecule has 1 fully saturated rings. The molecule has 1 aliphatic rings. The van der Waals surface area contributed by atoms with Crippen LogP contribution in [0.15, 0.2) is 24.4 Å². The quantitative estimate of drug-likeness (QED) is 0.642. The molecule has 1 aliphatic heterocycles. The lowest BCUT2D eigenvalue weighted by molar-refractivity contribution is 0.0668. The lowest BCUT2D eigenvalue weighted by Gasteiger charge is -2.33. The summed E-state index contributed by atoms with van der Waals surface area (Å²) in [5, 5.41) is 10.8. The van der Waals surface area contributed by atoms with Crippen molar-refractivity contribution in [3.63, 3.8) is 0 Å². The van der Waals surface area contributed by atoms with Crippen LogP contribution in [-0.4, -0.2) is 79.3 Å². The summed E-state index contributed by atoms with van der Waals surface area (Å²) in [5.41, 5.74) is 0.724. The van der Waals surface area contributed by atoms with Crippen molar-refractivity contribution < 1.29 is 23.8 Å². The molecule has 1 aromatic carbocycles. The first kappa shape index (κ1) is 21.6. The third-order valence-electron chi connectivity index (χ3n) is 5.03. The molecule has 0 aliphatic carbocycles. The molecular formula is C20H27N5O5. The van der Waals surface area contributed by atoms with Gasteiger partial charge in [-0.05, 0) is 25.0 Å². The van der Waals surface area contributed by atoms with Crippen LogP contribution >= 0.6 is 0 Å². The van der Waals surface area contributed by atoms with E-state index in [2.05, 4.69) is 15.6 Å². The van der Waals surface area contributed by atoms with Crippen molar-refractivity contribution in [1.82, 2.24) is 25.2 Å². The number of carbonyl (C=O) groups is 2. The maximum Gasteiger partial charge on any atom is 0.273 e. The van der Waals surface area contributed by atoms with Crippen LogP contribution < -0.4 is 14.8 Å². The van der Waals surface area contributed by atoms with Crippen LogP contribution in [0.3, 0.4) is 0 Å². The van der Waals surface area contributed by atoms with Crippen LogP contribution in [0.1, 0.15) is 39.7 Å². The molecule has 162 valence electrons. The number of hydrogen-bond acceptors (Lipinski definition) is 7. The average molecular weight is 417 g/mol. The highest BCUT2D eigenvalue weighted by molar-refractivity contribution is 5.97. The Morgan fingerprint density at radius 2 is 2.07 bits per heavy atom. The predicted octanol–water partition coefficient (Wildman–Crippen LogP) is 1.15. The van der Waals surface area contributed by atoms with Gasteiger partial charge in [0.2, 0.25) is 0 Å². The fraction of sp³-hybridized carbons (Fsp3) is 0.500. The smallest absolute Gasteiger partial charge is 0.273 e. The third-order valence-corrected chi connectivity index (χ3v) is 5.03. The number of ether oxygens (including phenoxy) is 3. The first-order valence-electron chi connectivity index (χ1n) is 9.77. The van der Waals surface area contributed by atoms with E-state index < -0.39 is 0 Å². The predicted molar refractivity (Wildman–Crippen MR) is 108 cm³/mol. The number of likely N-dealkylation sites (tertiary alicyclic amines) is 1. The van der Waals surface area contributed by atoms with Gasteiger partial charge < -0.3 is 24.4 Å². The minimum Gasteiger partial charge on any atom is -0.497 e. The maximum atomic E-state index is 13.1. The Morgan fingerprint density at radius 3 is 2.80 bits per heavy atom. The molecule has 1 saturated heterocycles. The van der Waals surface area contributed by atoms with Crippen molar-refractivity contribution >= 4 is 11.8 Å². The second kappa shape index (κ2) is 10.1. The van der Waals surface area contributed by atoms with Crippen molar-refractivity contribution in [2.75, 3.05) is 47.6 Å². The largest absolute Gasteiger partial charge is 0.497 e. The fourth-order valence-electron chi connectivity index (χ4n) is 3.42. The number of amides is 2. The number of carbonyl (C=O) groups excluding carboxylic acids is 2. The zero-order valence-corrected chi connectivity index (χ0v) is 17.5. The van der Waals surface area contributed by atoms with E-state index in [-0.39, 0.29) is 23.6 Å². The molecule has 10 nitrogen and oxygen atoms in total. The van der Waals surface area contributed by atoms with Gasteiger partial charge in [-0.2, -0.15) is 0 Å². The van der Waals surface area contributed by atoms with Gasteiger partial charge in [0, 0.05) is 32.8 Å². The van der Waals surface area contributed by atoms with Gasteiger partial charge in [0.25, 0.3) is 11.8 Å². The molecule has 0 spiro atoms. The molecule has 30 heavy (non-hydrogen) atoms. The Hall–Kier alpha value is -3.14. The number of aromatic nitrogens is 3. The second-order valence-electron chi connectivity index (χ2n) is 6.95. The van der Waals surface area contributed by atoms with Crippen molar-refractivity contribution in [3.05, 3.63) is 35.7 Å². The van der Waals surface area contributed by atoms with E-state index in [9.17, 15) is 9.59 Å². The van der Waals surface area contributed by atoms with Gasteiger partial charge >= 0.3 is 0 Å². The number of rotatable bonds is 8. The van der Waals surface area contributed by atoms with Gasteiger partial charge in [-0.1, -0.05) is 5.21 Å². The van der Waals surface area contributed by atoms with Crippen molar-refractivity contribution in [2.45, 2.75) is 18.9 Å². The summed E-state index contributed by atoms with van der Waals surface area (Å²) in [6.07, 6.45) is 3.29. The van der Waals surface area contributed by atoms with Gasteiger partial charge in [-0.15, -0.1) is 5.10 Å². The van der Waals surface area contributed by atoms with Crippen LogP contribution in [0.25, 0.3) is 0 Å². The number of methoxy groups -OCH3 is 3. The molecule has 10 heteroatoms. The minimum absolute atomic E-state index is 0.0556. The minimum atomic E-state index is -0.301. The highest BCUT2D eigenvalue weighted by atomic mass is 16.5. The molecule has 1 N–H and O–H groups in total. The zero-order valence-electron chi connectivity index (χ0n) is 17.5. The van der Waals surface area contributed by atoms with Crippen LogP contribution in [0.4, 0.5) is 0 Å². The Kier molecular flexibility index (Phi) is 7.23. The topological polar surface area (TPSA) is 108 Å². The molecule has 3 rings (SSSR count). The lowest BCUT2D eigenvalue weighted by atomic mass is 10.0. The van der Waals surface area contributed by atoms with Gasteiger partial charge in [-0.3, -0.25) is 9.59 Å². The van der Waals surface area contributed by atoms with Gasteiger partial charge in [0.05, 0.1) is 38.6 Å². The standard InChI is InChI=1S/C20H27N5O5/c1-28-10-8-21-19(26)17-13-25(23-22-17)14-5-4-9-24(12-14)20(27)16-7-6-15(29-2)11-18(16)30-3/h6-7,11,13-14H,4-5,8-10,12H2,1-3H3,(H,21,26)/t14-/m0/s1. The van der Waals surface area contributed by atoms with E-state index in [1.54, 1.807) is 48.2 Å². The molecule has 0 saturated carbocycles. The SMILES string of the molecule is COCCNC(=O)c1cn([C@H]2CCCN(C(=O)c3ccc(OC)cc3OC)C2)nn1. The summed E-state index contributed by atoms with van der Waals surface area (Å²) in [6.45, 7) is 1.94. The van der Waals surface area contributed by atoms with Crippen molar-refractivity contribution in [1.29, 1.82) is 0 Å². The zero-order chi connectivity index (χ0) is 21.5. The van der Waals surface area contributed by atoms with E-state index in [0.29, 0.717) is 43.3 Å². The lowest BCUT2D eigenvalue weighted by Crippen LogP contribution is -2.41. The fourth-order valence-corrected chi connectivity index (χ4v) is 3.42. The van der Waals surface area contributed by atoms with Gasteiger partial charge in [0.1, 0.15) is 11.5 Å². The normalized spacial score (nSPS) is 16.2. The van der Waals surface area contributed by atoms with Crippen LogP contribution in [-0.2, 0) is 4.74 Å². The Morgan fingerprint density at radius 1 is 1.23 bits per heavy atom. The summed E-state index contributed by atoms with van der Waals surface area (Å²) >= 11 is 0. The number of nitrogens with one attached hydrogen (secondary N) is 1. The van der Waals surface area contributed by atoms with Crippen LogP contribution in [0.5, 0.6) is 11.5 Å². The summed E-state index contributed by atoms with van der Waals surface area (Å²) in [4.78, 5) is 27.0. The van der Waals surface area contributed by atoms with E-state index in [1.807, 2.05) is 0 Å². The van der Waals surface area contributed by atoms with Gasteiger partial charge in [-0.25, -0.2) is 4.68 Å². The van der Waals surface area contributed by atoms with E-state index in [1.165, 1.54) is 7.11 Å². The third kappa shape index (κ3) is 4.88. The maximum absolute atomic E-state index is 13.1. The summed E-state index contributed by atoms with van der Waals surface area (Å²) in [7, 11) is 4.66. The van der Waals surface area contributed by atoms with E-state index in [0.717, 1.165) is 12.8 Å². The summed E-state index contributed by atoms with van der Waals surface area (Å²) in [5.74, 6) is 0.679. The Labute approximate surface area is 175 Å². The molecule has 1 atom stereocenters. The van der Waals surface area contributed by atoms with Crippen molar-refractivity contribution in [3.8, 4) is 11.5 Å². The molecule has 2 aromatic rings. The van der Waals surface area contributed by atoms with Crippen LogP contribution in [0, 0.1) is 0 Å². The summed E-state index contributed by atoms with van der Waals surface area (Å²) in [6, 6.07) is 5.09. The molecule has 0 radical (unpaired) electrons. The second-order valence-corrected chi connectivity index (χ2v) is 6.95. The Balaban J connectivity index is 1.69. The highest BCUT2D eigenvalue weighted by Crippen LogP contribution is 2.28. The van der Waals surface area contributed by atoms with E-state index in [4.69, 9.17) is 14.2 Å². The molecule has 1 aromatic heterocycles. The number of benzene rings is 1. The van der Waals surface area contributed by atoms with E-state index >= 15 is 0 Å². The molecular weight excluding hydrogens is 390 g/mol. The van der Waals surface area contributed by atoms with Gasteiger partial charge in [0.15, 0.2) is 5.69 Å². The van der Waals surface area contributed by atoms with Crippen LogP contribution in [0.2, 0.25) is 0 Å². The first-order chi connectivity index (χ1) is 14.6. The summed E-state index contributed by atoms with van der Waals surface area (Å²) < 4.78 is 17.2. The molecule has 0 unspecified atom stereocenters. The highest BCUT2D eigenvalue weighted by Gasteiger charge is 2.28. The first-order valence-corrected chi connectivity index (χ1v) is 9.77. The molecule has 2 amide bonds. The average Bonchev–Trinajstić information content (AvgIpc) is 3.29. The Bertz CT molecular complexity index is 884. The number of piperidine rings is 1.